The van der Waals surface area contributed by atoms with Crippen LogP contribution >= 0.6 is 0 Å². The number of nitrogens with one attached hydrogen (secondary N) is 1. The molecule has 7 nitrogen and oxygen atoms in total. The predicted octanol–water partition coefficient (Wildman–Crippen LogP) is 2.40. The topological polar surface area (TPSA) is 125 Å². The van der Waals surface area contributed by atoms with Crippen LogP contribution in [0.25, 0.3) is 0 Å². The van der Waals surface area contributed by atoms with Gasteiger partial charge < -0.3 is 15.7 Å². The minimum Gasteiger partial charge on any atom is -0.481 e. The fourth-order valence-corrected chi connectivity index (χ4v) is 3.31. The molecule has 1 atom stereocenters. The molecule has 1 aliphatic heterocycles. The van der Waals surface area contributed by atoms with E-state index >= 15 is 0 Å². The van der Waals surface area contributed by atoms with Gasteiger partial charge in [0.05, 0.1) is 5.69 Å². The second-order valence-corrected chi connectivity index (χ2v) is 7.12. The van der Waals surface area contributed by atoms with Gasteiger partial charge in [-0.25, -0.2) is 0 Å². The number of ketones is 1. The first-order chi connectivity index (χ1) is 14.3. The van der Waals surface area contributed by atoms with Crippen molar-refractivity contribution < 1.29 is 19.5 Å². The van der Waals surface area contributed by atoms with Gasteiger partial charge in [-0.3, -0.25) is 19.8 Å². The zero-order valence-corrected chi connectivity index (χ0v) is 16.4. The SMILES string of the molecule is CN1C(=O)CC(CCC(=O)O)C(=O)c2cc(C#Cc3ccc(C(=N)N)cc3)ccc21. The second kappa shape index (κ2) is 8.62. The van der Waals surface area contributed by atoms with Crippen LogP contribution in [0.5, 0.6) is 0 Å². The van der Waals surface area contributed by atoms with Gasteiger partial charge in [-0.15, -0.1) is 0 Å². The van der Waals surface area contributed by atoms with E-state index in [1.54, 1.807) is 49.5 Å². The van der Waals surface area contributed by atoms with Crippen LogP contribution in [0.4, 0.5) is 5.69 Å². The number of hydrogen-bond donors (Lipinski definition) is 3. The van der Waals surface area contributed by atoms with Gasteiger partial charge in [0.25, 0.3) is 0 Å². The molecule has 4 N–H and O–H groups in total. The van der Waals surface area contributed by atoms with Crippen molar-refractivity contribution in [1.82, 2.24) is 0 Å². The van der Waals surface area contributed by atoms with E-state index < -0.39 is 11.9 Å². The quantitative estimate of drug-likeness (QED) is 0.411. The minimum absolute atomic E-state index is 0.0131. The van der Waals surface area contributed by atoms with Crippen molar-refractivity contribution in [3.63, 3.8) is 0 Å². The van der Waals surface area contributed by atoms with E-state index in [0.29, 0.717) is 22.4 Å². The zero-order valence-electron chi connectivity index (χ0n) is 16.4. The molecule has 7 heteroatoms. The van der Waals surface area contributed by atoms with E-state index in [1.165, 1.54) is 4.90 Å². The standard InChI is InChI=1S/C23H21N3O4/c1-26-19-10-6-15(3-2-14-4-7-16(8-5-14)23(24)25)12-18(19)22(30)17(13-20(26)27)9-11-21(28)29/h4-8,10,12,17H,9,11,13H2,1H3,(H3,24,25)(H,28,29). The number of nitrogens with zero attached hydrogens (tertiary/aromatic N) is 1. The third-order valence-electron chi connectivity index (χ3n) is 5.04. The summed E-state index contributed by atoms with van der Waals surface area (Å²) in [6, 6.07) is 12.0. The maximum atomic E-state index is 13.0. The van der Waals surface area contributed by atoms with Gasteiger partial charge in [-0.2, -0.15) is 0 Å². The van der Waals surface area contributed by atoms with Gasteiger partial charge in [0, 0.05) is 48.1 Å². The van der Waals surface area contributed by atoms with Crippen molar-refractivity contribution in [2.24, 2.45) is 11.7 Å². The van der Waals surface area contributed by atoms with E-state index in [4.69, 9.17) is 16.2 Å². The molecule has 1 heterocycles. The van der Waals surface area contributed by atoms with E-state index in [0.717, 1.165) is 5.56 Å². The Morgan fingerprint density at radius 1 is 1.17 bits per heavy atom. The number of benzene rings is 2. The van der Waals surface area contributed by atoms with Gasteiger partial charge in [0.15, 0.2) is 5.78 Å². The van der Waals surface area contributed by atoms with Crippen molar-refractivity contribution in [3.8, 4) is 11.8 Å². The molecule has 0 bridgehead atoms. The number of carbonyl (C=O) groups is 3. The summed E-state index contributed by atoms with van der Waals surface area (Å²) in [5.41, 5.74) is 8.26. The van der Waals surface area contributed by atoms with Gasteiger partial charge in [0.2, 0.25) is 5.91 Å². The first-order valence-electron chi connectivity index (χ1n) is 9.39. The Bertz CT molecular complexity index is 1090. The lowest BCUT2D eigenvalue weighted by molar-refractivity contribution is -0.137. The molecular weight excluding hydrogens is 382 g/mol. The summed E-state index contributed by atoms with van der Waals surface area (Å²) in [5.74, 6) is 3.87. The van der Waals surface area contributed by atoms with Crippen LogP contribution in [0.1, 0.15) is 46.3 Å². The number of nitrogen functional groups attached to an aromatic ring is 1. The number of hydrogen-bond acceptors (Lipinski definition) is 4. The van der Waals surface area contributed by atoms with Crippen LogP contribution < -0.4 is 10.6 Å². The Hall–Kier alpha value is -3.92. The second-order valence-electron chi connectivity index (χ2n) is 7.12. The van der Waals surface area contributed by atoms with Crippen molar-refractivity contribution in [1.29, 1.82) is 5.41 Å². The summed E-state index contributed by atoms with van der Waals surface area (Å²) in [5, 5.41) is 16.4. The Kier molecular flexibility index (Phi) is 5.98. The molecule has 0 aliphatic carbocycles. The highest BCUT2D eigenvalue weighted by Gasteiger charge is 2.32. The van der Waals surface area contributed by atoms with Crippen molar-refractivity contribution >= 4 is 29.2 Å². The molecular formula is C23H21N3O4. The highest BCUT2D eigenvalue weighted by Crippen LogP contribution is 2.31. The number of rotatable bonds is 4. The number of carbonyl (C=O) groups excluding carboxylic acids is 2. The number of amides is 1. The average molecular weight is 403 g/mol. The average Bonchev–Trinajstić information content (AvgIpc) is 2.81. The minimum atomic E-state index is -0.997. The van der Waals surface area contributed by atoms with Crippen LogP contribution in [-0.4, -0.2) is 35.6 Å². The van der Waals surface area contributed by atoms with Crippen molar-refractivity contribution in [2.75, 3.05) is 11.9 Å². The summed E-state index contributed by atoms with van der Waals surface area (Å²) in [7, 11) is 1.61. The molecule has 1 unspecified atom stereocenters. The molecule has 3 rings (SSSR count). The number of anilines is 1. The Labute approximate surface area is 174 Å². The predicted molar refractivity (Wildman–Crippen MR) is 113 cm³/mol. The van der Waals surface area contributed by atoms with E-state index in [9.17, 15) is 14.4 Å². The Morgan fingerprint density at radius 3 is 2.43 bits per heavy atom. The summed E-state index contributed by atoms with van der Waals surface area (Å²) >= 11 is 0. The summed E-state index contributed by atoms with van der Waals surface area (Å²) in [4.78, 5) is 37.8. The van der Waals surface area contributed by atoms with Gasteiger partial charge in [-0.1, -0.05) is 24.0 Å². The first-order valence-corrected chi connectivity index (χ1v) is 9.39. The lowest BCUT2D eigenvalue weighted by atomic mass is 9.90. The maximum absolute atomic E-state index is 13.0. The van der Waals surface area contributed by atoms with Crippen LogP contribution in [0, 0.1) is 23.2 Å². The van der Waals surface area contributed by atoms with Crippen LogP contribution in [0.3, 0.4) is 0 Å². The van der Waals surface area contributed by atoms with E-state index in [1.807, 2.05) is 0 Å². The number of Topliss-reactive ketones (excluding diaryl/α,β-unsaturated/α-hetero) is 1. The lowest BCUT2D eigenvalue weighted by Gasteiger charge is -2.16. The van der Waals surface area contributed by atoms with Gasteiger partial charge in [-0.05, 0) is 36.8 Å². The number of fused-ring (bicyclic) bond motifs is 1. The third-order valence-corrected chi connectivity index (χ3v) is 5.04. The van der Waals surface area contributed by atoms with Gasteiger partial charge in [0.1, 0.15) is 5.84 Å². The molecule has 30 heavy (non-hydrogen) atoms. The number of aliphatic carboxylic acids is 1. The molecule has 0 saturated carbocycles. The largest absolute Gasteiger partial charge is 0.481 e. The number of nitrogens with two attached hydrogens (primary N) is 1. The van der Waals surface area contributed by atoms with Crippen LogP contribution in [0.15, 0.2) is 42.5 Å². The maximum Gasteiger partial charge on any atom is 0.303 e. The van der Waals surface area contributed by atoms with Crippen LogP contribution in [-0.2, 0) is 9.59 Å². The molecule has 0 spiro atoms. The first kappa shape index (κ1) is 20.8. The molecule has 152 valence electrons. The Morgan fingerprint density at radius 2 is 1.80 bits per heavy atom. The van der Waals surface area contributed by atoms with E-state index in [-0.39, 0.29) is 36.8 Å². The fraction of sp³-hybridized carbons (Fsp3) is 0.217. The van der Waals surface area contributed by atoms with Gasteiger partial charge >= 0.3 is 5.97 Å². The molecule has 0 fully saturated rings. The summed E-state index contributed by atoms with van der Waals surface area (Å²) < 4.78 is 0. The highest BCUT2D eigenvalue weighted by atomic mass is 16.4. The molecule has 1 amide bonds. The molecule has 0 radical (unpaired) electrons. The molecule has 1 aliphatic rings. The Balaban J connectivity index is 1.92. The third kappa shape index (κ3) is 4.55. The van der Waals surface area contributed by atoms with Crippen molar-refractivity contribution in [2.45, 2.75) is 19.3 Å². The lowest BCUT2D eigenvalue weighted by Crippen LogP contribution is -2.26. The number of carboxylic acids is 1. The molecule has 2 aromatic carbocycles. The summed E-state index contributed by atoms with van der Waals surface area (Å²) in [6.07, 6.45) is -0.0646. The smallest absolute Gasteiger partial charge is 0.303 e. The molecule has 2 aromatic rings. The number of amidine groups is 1. The fourth-order valence-electron chi connectivity index (χ4n) is 3.31. The molecule has 0 aromatic heterocycles. The van der Waals surface area contributed by atoms with Crippen molar-refractivity contribution in [3.05, 3.63) is 64.7 Å². The van der Waals surface area contributed by atoms with Crippen LogP contribution in [0.2, 0.25) is 0 Å². The normalized spacial score (nSPS) is 15.6. The monoisotopic (exact) mass is 403 g/mol. The summed E-state index contributed by atoms with van der Waals surface area (Å²) in [6.45, 7) is 0. The highest BCUT2D eigenvalue weighted by molar-refractivity contribution is 6.11. The van der Waals surface area contributed by atoms with E-state index in [2.05, 4.69) is 11.8 Å². The molecule has 0 saturated heterocycles. The number of carboxylic acid groups (broad SMARTS) is 1. The zero-order chi connectivity index (χ0) is 21.8.